The number of benzene rings is 1. The van der Waals surface area contributed by atoms with E-state index in [1.807, 2.05) is 0 Å². The Hall–Kier alpha value is -3.09. The number of hydrogen-bond acceptors (Lipinski definition) is 3. The van der Waals surface area contributed by atoms with Gasteiger partial charge in [0.25, 0.3) is 0 Å². The van der Waals surface area contributed by atoms with E-state index in [0.717, 1.165) is 25.0 Å². The predicted molar refractivity (Wildman–Crippen MR) is 125 cm³/mol. The summed E-state index contributed by atoms with van der Waals surface area (Å²) < 4.78 is 54.4. The van der Waals surface area contributed by atoms with Crippen molar-refractivity contribution < 1.29 is 17.6 Å². The summed E-state index contributed by atoms with van der Waals surface area (Å²) in [5.74, 6) is 0.269. The maximum atomic E-state index is 13.7. The van der Waals surface area contributed by atoms with Crippen LogP contribution in [0.4, 0.5) is 23.4 Å². The average molecular weight is 460 g/mol. The summed E-state index contributed by atoms with van der Waals surface area (Å²) in [6.45, 7) is 5.48. The van der Waals surface area contributed by atoms with Gasteiger partial charge < -0.3 is 10.6 Å². The fraction of sp³-hybridized carbons (Fsp3) is 0.346. The predicted octanol–water partition coefficient (Wildman–Crippen LogP) is 7.16. The van der Waals surface area contributed by atoms with Gasteiger partial charge in [-0.05, 0) is 72.9 Å². The first-order valence-corrected chi connectivity index (χ1v) is 11.1. The summed E-state index contributed by atoms with van der Waals surface area (Å²) in [6.07, 6.45) is 4.86. The van der Waals surface area contributed by atoms with E-state index < -0.39 is 17.6 Å². The Balaban J connectivity index is 1.73. The van der Waals surface area contributed by atoms with Gasteiger partial charge in [0.05, 0.1) is 5.57 Å². The lowest BCUT2D eigenvalue weighted by Gasteiger charge is -2.23. The molecule has 0 aliphatic heterocycles. The van der Waals surface area contributed by atoms with E-state index in [0.29, 0.717) is 28.6 Å². The van der Waals surface area contributed by atoms with Crippen molar-refractivity contribution in [3.8, 4) is 0 Å². The molecule has 0 unspecified atom stereocenters. The fourth-order valence-corrected chi connectivity index (χ4v) is 3.83. The van der Waals surface area contributed by atoms with Crippen LogP contribution in [0.3, 0.4) is 0 Å². The minimum absolute atomic E-state index is 0.0880. The van der Waals surface area contributed by atoms with E-state index in [1.165, 1.54) is 31.4 Å². The third-order valence-corrected chi connectivity index (χ3v) is 5.61. The Bertz CT molecular complexity index is 1020. The molecule has 0 spiro atoms. The molecule has 3 nitrogen and oxygen atoms in total. The molecule has 1 fully saturated rings. The van der Waals surface area contributed by atoms with Crippen LogP contribution < -0.4 is 10.6 Å². The van der Waals surface area contributed by atoms with Gasteiger partial charge in [0.15, 0.2) is 0 Å². The van der Waals surface area contributed by atoms with Crippen LogP contribution >= 0.6 is 0 Å². The first kappa shape index (κ1) is 24.6. The fourth-order valence-electron chi connectivity index (χ4n) is 3.83. The van der Waals surface area contributed by atoms with E-state index in [9.17, 15) is 17.6 Å². The number of aromatic nitrogens is 1. The van der Waals surface area contributed by atoms with Gasteiger partial charge in [-0.25, -0.2) is 9.37 Å². The van der Waals surface area contributed by atoms with E-state index in [1.54, 1.807) is 37.4 Å². The summed E-state index contributed by atoms with van der Waals surface area (Å²) in [5.41, 5.74) is 1.00. The Morgan fingerprint density at radius 1 is 1.12 bits per heavy atom. The summed E-state index contributed by atoms with van der Waals surface area (Å²) in [7, 11) is 0. The summed E-state index contributed by atoms with van der Waals surface area (Å²) in [6, 6.07) is 9.69. The second-order valence-electron chi connectivity index (χ2n) is 8.34. The van der Waals surface area contributed by atoms with E-state index in [2.05, 4.69) is 22.2 Å². The van der Waals surface area contributed by atoms with Crippen LogP contribution in [0.1, 0.15) is 50.2 Å². The summed E-state index contributed by atoms with van der Waals surface area (Å²) >= 11 is 0. The second kappa shape index (κ2) is 11.2. The number of hydrogen-bond donors (Lipinski definition) is 2. The van der Waals surface area contributed by atoms with Crippen molar-refractivity contribution in [3.05, 3.63) is 89.5 Å². The topological polar surface area (TPSA) is 37.0 Å². The first-order chi connectivity index (χ1) is 15.7. The number of pyridine rings is 1. The number of halogens is 4. The quantitative estimate of drug-likeness (QED) is 0.325. The molecule has 3 rings (SSSR count). The van der Waals surface area contributed by atoms with Crippen molar-refractivity contribution >= 4 is 11.4 Å². The highest BCUT2D eigenvalue weighted by Gasteiger charge is 2.32. The zero-order chi connectivity index (χ0) is 23.8. The Kier molecular flexibility index (Phi) is 8.31. The Morgan fingerprint density at radius 3 is 2.58 bits per heavy atom. The molecular weight excluding hydrogens is 430 g/mol. The number of allylic oxidation sites excluding steroid dienone is 4. The van der Waals surface area contributed by atoms with Crippen LogP contribution in [0.15, 0.2) is 72.6 Å². The first-order valence-electron chi connectivity index (χ1n) is 11.1. The third-order valence-electron chi connectivity index (χ3n) is 5.61. The van der Waals surface area contributed by atoms with Crippen molar-refractivity contribution in [2.75, 3.05) is 5.32 Å². The van der Waals surface area contributed by atoms with Gasteiger partial charge >= 0.3 is 6.18 Å². The molecule has 2 N–H and O–H groups in total. The van der Waals surface area contributed by atoms with Crippen LogP contribution in [0.5, 0.6) is 0 Å². The molecule has 0 bridgehead atoms. The molecule has 0 saturated heterocycles. The van der Waals surface area contributed by atoms with Gasteiger partial charge in [-0.1, -0.05) is 38.0 Å². The van der Waals surface area contributed by atoms with Gasteiger partial charge in [0, 0.05) is 24.5 Å². The smallest absolute Gasteiger partial charge is 0.381 e. The van der Waals surface area contributed by atoms with Crippen molar-refractivity contribution in [3.63, 3.8) is 0 Å². The monoisotopic (exact) mass is 459 g/mol. The molecule has 176 valence electrons. The Labute approximate surface area is 192 Å². The highest BCUT2D eigenvalue weighted by atomic mass is 19.4. The molecule has 1 aromatic carbocycles. The van der Waals surface area contributed by atoms with Crippen molar-refractivity contribution in [1.82, 2.24) is 10.3 Å². The van der Waals surface area contributed by atoms with Gasteiger partial charge in [-0.3, -0.25) is 0 Å². The molecule has 1 saturated carbocycles. The lowest BCUT2D eigenvalue weighted by molar-refractivity contribution is -0.0882. The van der Waals surface area contributed by atoms with Crippen LogP contribution in [-0.2, 0) is 6.54 Å². The lowest BCUT2D eigenvalue weighted by Crippen LogP contribution is -2.22. The SMILES string of the molecule is C=C(/C=C(\C=C(/C)c1ccnc(NC2CCCCC2)c1)C(F)(F)F)NCc1cccc(F)c1. The maximum Gasteiger partial charge on any atom is 0.416 e. The largest absolute Gasteiger partial charge is 0.416 e. The summed E-state index contributed by atoms with van der Waals surface area (Å²) in [5, 5.41) is 6.21. The molecule has 2 aromatic rings. The van der Waals surface area contributed by atoms with Crippen LogP contribution in [0.25, 0.3) is 5.57 Å². The van der Waals surface area contributed by atoms with Gasteiger partial charge in [-0.15, -0.1) is 0 Å². The molecule has 33 heavy (non-hydrogen) atoms. The highest BCUT2D eigenvalue weighted by Crippen LogP contribution is 2.31. The normalized spacial score (nSPS) is 15.9. The molecule has 0 atom stereocenters. The number of rotatable bonds is 8. The molecule has 1 aromatic heterocycles. The standard InChI is InChI=1S/C26H29F4N3/c1-18(21-11-12-31-25(16-21)33-24-9-4-3-5-10-24)13-22(26(28,29)30)14-19(2)32-17-20-7-6-8-23(27)15-20/h6-8,11-16,24,32H,2-5,9-10,17H2,1H3,(H,31,33)/b18-13+,22-14+. The maximum absolute atomic E-state index is 13.7. The average Bonchev–Trinajstić information content (AvgIpc) is 2.77. The molecule has 0 radical (unpaired) electrons. The number of nitrogens with zero attached hydrogens (tertiary/aromatic N) is 1. The van der Waals surface area contributed by atoms with Crippen molar-refractivity contribution in [2.24, 2.45) is 0 Å². The van der Waals surface area contributed by atoms with E-state index in [4.69, 9.17) is 0 Å². The number of nitrogens with one attached hydrogen (secondary N) is 2. The van der Waals surface area contributed by atoms with E-state index in [-0.39, 0.29) is 12.2 Å². The number of anilines is 1. The molecule has 0 amide bonds. The molecule has 1 heterocycles. The van der Waals surface area contributed by atoms with Crippen LogP contribution in [-0.4, -0.2) is 17.2 Å². The molecule has 1 aliphatic rings. The van der Waals surface area contributed by atoms with E-state index >= 15 is 0 Å². The van der Waals surface area contributed by atoms with Gasteiger partial charge in [-0.2, -0.15) is 13.2 Å². The van der Waals surface area contributed by atoms with Crippen molar-refractivity contribution in [1.29, 1.82) is 0 Å². The van der Waals surface area contributed by atoms with Crippen LogP contribution in [0, 0.1) is 5.82 Å². The minimum atomic E-state index is -4.55. The van der Waals surface area contributed by atoms with Crippen LogP contribution in [0.2, 0.25) is 0 Å². The van der Waals surface area contributed by atoms with Gasteiger partial charge in [0.2, 0.25) is 0 Å². The number of alkyl halides is 3. The highest BCUT2D eigenvalue weighted by molar-refractivity contribution is 5.69. The zero-order valence-corrected chi connectivity index (χ0v) is 18.7. The molecule has 7 heteroatoms. The van der Waals surface area contributed by atoms with Gasteiger partial charge in [0.1, 0.15) is 11.6 Å². The third kappa shape index (κ3) is 7.77. The minimum Gasteiger partial charge on any atom is -0.381 e. The molecule has 1 aliphatic carbocycles. The Morgan fingerprint density at radius 2 is 1.88 bits per heavy atom. The molecular formula is C26H29F4N3. The van der Waals surface area contributed by atoms with Crippen molar-refractivity contribution in [2.45, 2.75) is 57.8 Å². The second-order valence-corrected chi connectivity index (χ2v) is 8.34. The summed E-state index contributed by atoms with van der Waals surface area (Å²) in [4.78, 5) is 4.33. The zero-order valence-electron chi connectivity index (χ0n) is 18.7. The lowest BCUT2D eigenvalue weighted by atomic mass is 9.95.